The SMILES string of the molecule is Cc1nn(C)c(=O)c(C(=O)N[C@@H]2CCCC[C@H]2O)c1C. The Morgan fingerprint density at radius 3 is 2.65 bits per heavy atom. The van der Waals surface area contributed by atoms with Crippen molar-refractivity contribution in [3.63, 3.8) is 0 Å². The number of carbonyl (C=O) groups is 1. The Kier molecular flexibility index (Phi) is 4.23. The third kappa shape index (κ3) is 2.75. The first kappa shape index (κ1) is 14.7. The molecule has 1 aliphatic carbocycles. The van der Waals surface area contributed by atoms with Crippen molar-refractivity contribution in [1.29, 1.82) is 0 Å². The molecule has 2 rings (SSSR count). The van der Waals surface area contributed by atoms with Crippen LogP contribution in [0.25, 0.3) is 0 Å². The summed E-state index contributed by atoms with van der Waals surface area (Å²) in [5.74, 6) is -0.417. The van der Waals surface area contributed by atoms with Gasteiger partial charge >= 0.3 is 0 Å². The number of nitrogens with zero attached hydrogens (tertiary/aromatic N) is 2. The van der Waals surface area contributed by atoms with E-state index in [9.17, 15) is 14.7 Å². The van der Waals surface area contributed by atoms with Gasteiger partial charge in [-0.1, -0.05) is 12.8 Å². The summed E-state index contributed by atoms with van der Waals surface area (Å²) in [7, 11) is 1.53. The van der Waals surface area contributed by atoms with Gasteiger partial charge in [-0.05, 0) is 32.3 Å². The number of aliphatic hydroxyl groups is 1. The fraction of sp³-hybridized carbons (Fsp3) is 0.643. The molecule has 1 fully saturated rings. The van der Waals surface area contributed by atoms with Crippen LogP contribution in [0.1, 0.15) is 47.3 Å². The molecule has 0 unspecified atom stereocenters. The number of aliphatic hydroxyl groups excluding tert-OH is 1. The molecule has 2 N–H and O–H groups in total. The highest BCUT2D eigenvalue weighted by molar-refractivity contribution is 5.95. The minimum Gasteiger partial charge on any atom is -0.391 e. The van der Waals surface area contributed by atoms with Gasteiger partial charge in [-0.3, -0.25) is 9.59 Å². The highest BCUT2D eigenvalue weighted by atomic mass is 16.3. The molecule has 0 aliphatic heterocycles. The second-order valence-electron chi connectivity index (χ2n) is 5.45. The molecule has 0 bridgehead atoms. The van der Waals surface area contributed by atoms with Crippen LogP contribution in [0.15, 0.2) is 4.79 Å². The van der Waals surface area contributed by atoms with Crippen molar-refractivity contribution in [2.45, 2.75) is 51.7 Å². The molecular formula is C14H21N3O3. The average Bonchev–Trinajstić information content (AvgIpc) is 2.39. The van der Waals surface area contributed by atoms with Gasteiger partial charge in [0, 0.05) is 7.05 Å². The molecule has 1 aromatic heterocycles. The number of carbonyl (C=O) groups excluding carboxylic acids is 1. The fourth-order valence-corrected chi connectivity index (χ4v) is 2.64. The van der Waals surface area contributed by atoms with Gasteiger partial charge in [-0.2, -0.15) is 5.10 Å². The zero-order valence-corrected chi connectivity index (χ0v) is 12.1. The Balaban J connectivity index is 2.28. The Hall–Kier alpha value is -1.69. The lowest BCUT2D eigenvalue weighted by Gasteiger charge is -2.28. The van der Waals surface area contributed by atoms with Crippen LogP contribution in [-0.2, 0) is 7.05 Å². The number of hydrogen-bond donors (Lipinski definition) is 2. The van der Waals surface area contributed by atoms with Gasteiger partial charge in [-0.25, -0.2) is 4.68 Å². The number of hydrogen-bond acceptors (Lipinski definition) is 4. The van der Waals surface area contributed by atoms with Gasteiger partial charge in [0.15, 0.2) is 0 Å². The predicted octanol–water partition coefficient (Wildman–Crippen LogP) is 0.430. The number of rotatable bonds is 2. The van der Waals surface area contributed by atoms with Crippen LogP contribution in [0.4, 0.5) is 0 Å². The third-order valence-electron chi connectivity index (χ3n) is 4.00. The van der Waals surface area contributed by atoms with Crippen molar-refractivity contribution in [2.75, 3.05) is 0 Å². The molecule has 20 heavy (non-hydrogen) atoms. The molecular weight excluding hydrogens is 258 g/mol. The number of nitrogens with one attached hydrogen (secondary N) is 1. The van der Waals surface area contributed by atoms with E-state index in [0.717, 1.165) is 19.3 Å². The van der Waals surface area contributed by atoms with E-state index >= 15 is 0 Å². The Labute approximate surface area is 117 Å². The summed E-state index contributed by atoms with van der Waals surface area (Å²) in [6.45, 7) is 3.48. The van der Waals surface area contributed by atoms with Crippen LogP contribution in [0, 0.1) is 13.8 Å². The number of amides is 1. The molecule has 0 saturated heterocycles. The topological polar surface area (TPSA) is 84.2 Å². The molecule has 110 valence electrons. The Morgan fingerprint density at radius 1 is 1.35 bits per heavy atom. The minimum atomic E-state index is -0.528. The quantitative estimate of drug-likeness (QED) is 0.822. The van der Waals surface area contributed by atoms with Crippen molar-refractivity contribution in [2.24, 2.45) is 7.05 Å². The maximum atomic E-state index is 12.3. The summed E-state index contributed by atoms with van der Waals surface area (Å²) >= 11 is 0. The Morgan fingerprint density at radius 2 is 2.00 bits per heavy atom. The van der Waals surface area contributed by atoms with E-state index in [2.05, 4.69) is 10.4 Å². The van der Waals surface area contributed by atoms with Crippen LogP contribution in [0.5, 0.6) is 0 Å². The fourth-order valence-electron chi connectivity index (χ4n) is 2.64. The summed E-state index contributed by atoms with van der Waals surface area (Å²) in [4.78, 5) is 24.4. The zero-order chi connectivity index (χ0) is 14.9. The molecule has 1 aromatic rings. The van der Waals surface area contributed by atoms with Gasteiger partial charge in [0.2, 0.25) is 0 Å². The number of aryl methyl sites for hydroxylation is 2. The first-order chi connectivity index (χ1) is 9.41. The van der Waals surface area contributed by atoms with E-state index in [0.29, 0.717) is 17.7 Å². The molecule has 6 nitrogen and oxygen atoms in total. The summed E-state index contributed by atoms with van der Waals surface area (Å²) in [5.41, 5.74) is 0.964. The summed E-state index contributed by atoms with van der Waals surface area (Å²) < 4.78 is 1.18. The molecule has 0 spiro atoms. The third-order valence-corrected chi connectivity index (χ3v) is 4.00. The van der Waals surface area contributed by atoms with Crippen LogP contribution in [0.3, 0.4) is 0 Å². The standard InChI is InChI=1S/C14H21N3O3/c1-8-9(2)16-17(3)14(20)12(8)13(19)15-10-6-4-5-7-11(10)18/h10-11,18H,4-7H2,1-3H3,(H,15,19)/t10-,11-/m1/s1. The zero-order valence-electron chi connectivity index (χ0n) is 12.1. The number of aromatic nitrogens is 2. The van der Waals surface area contributed by atoms with Gasteiger partial charge in [0.1, 0.15) is 5.56 Å². The van der Waals surface area contributed by atoms with Crippen molar-refractivity contribution in [3.8, 4) is 0 Å². The minimum absolute atomic E-state index is 0.123. The first-order valence-electron chi connectivity index (χ1n) is 6.95. The second kappa shape index (κ2) is 5.75. The van der Waals surface area contributed by atoms with E-state index in [1.807, 2.05) is 0 Å². The second-order valence-corrected chi connectivity index (χ2v) is 5.45. The lowest BCUT2D eigenvalue weighted by atomic mass is 9.92. The monoisotopic (exact) mass is 279 g/mol. The molecule has 1 aliphatic rings. The van der Waals surface area contributed by atoms with Crippen LogP contribution in [0.2, 0.25) is 0 Å². The van der Waals surface area contributed by atoms with Crippen LogP contribution < -0.4 is 10.9 Å². The maximum Gasteiger partial charge on any atom is 0.279 e. The largest absolute Gasteiger partial charge is 0.391 e. The molecule has 0 aromatic carbocycles. The van der Waals surface area contributed by atoms with Gasteiger partial charge < -0.3 is 10.4 Å². The lowest BCUT2D eigenvalue weighted by molar-refractivity contribution is 0.0715. The summed E-state index contributed by atoms with van der Waals surface area (Å²) in [6.07, 6.45) is 2.87. The molecule has 2 atom stereocenters. The van der Waals surface area contributed by atoms with E-state index in [4.69, 9.17) is 0 Å². The van der Waals surface area contributed by atoms with E-state index in [1.165, 1.54) is 11.7 Å². The average molecular weight is 279 g/mol. The van der Waals surface area contributed by atoms with Crippen molar-refractivity contribution >= 4 is 5.91 Å². The normalized spacial score (nSPS) is 22.6. The smallest absolute Gasteiger partial charge is 0.279 e. The molecule has 1 heterocycles. The molecule has 6 heteroatoms. The predicted molar refractivity (Wildman–Crippen MR) is 74.7 cm³/mol. The molecule has 1 saturated carbocycles. The van der Waals surface area contributed by atoms with E-state index in [-0.39, 0.29) is 11.6 Å². The van der Waals surface area contributed by atoms with Crippen LogP contribution >= 0.6 is 0 Å². The van der Waals surface area contributed by atoms with E-state index in [1.54, 1.807) is 13.8 Å². The Bertz CT molecular complexity index is 580. The molecule has 1 amide bonds. The van der Waals surface area contributed by atoms with Crippen molar-refractivity contribution in [1.82, 2.24) is 15.1 Å². The van der Waals surface area contributed by atoms with Crippen molar-refractivity contribution < 1.29 is 9.90 Å². The molecule has 0 radical (unpaired) electrons. The van der Waals surface area contributed by atoms with Gasteiger partial charge in [0.05, 0.1) is 17.8 Å². The van der Waals surface area contributed by atoms with Crippen LogP contribution in [-0.4, -0.2) is 32.9 Å². The summed E-state index contributed by atoms with van der Waals surface area (Å²) in [6, 6.07) is -0.270. The first-order valence-corrected chi connectivity index (χ1v) is 6.95. The highest BCUT2D eigenvalue weighted by Crippen LogP contribution is 2.19. The van der Waals surface area contributed by atoms with Gasteiger partial charge in [0.25, 0.3) is 11.5 Å². The lowest BCUT2D eigenvalue weighted by Crippen LogP contribution is -2.47. The summed E-state index contributed by atoms with van der Waals surface area (Å²) in [5, 5.41) is 16.7. The maximum absolute atomic E-state index is 12.3. The van der Waals surface area contributed by atoms with Gasteiger partial charge in [-0.15, -0.1) is 0 Å². The highest BCUT2D eigenvalue weighted by Gasteiger charge is 2.27. The van der Waals surface area contributed by atoms with Crippen molar-refractivity contribution in [3.05, 3.63) is 27.2 Å². The van der Waals surface area contributed by atoms with E-state index < -0.39 is 17.6 Å².